The first-order valence-electron chi connectivity index (χ1n) is 8.67. The number of aryl methyl sites for hydroxylation is 1. The molecule has 1 amide bonds. The number of carbonyl (C=O) groups excluding carboxylic acids is 1. The number of nitrogens with zero attached hydrogens (tertiary/aromatic N) is 2. The highest BCUT2D eigenvalue weighted by Crippen LogP contribution is 2.10. The lowest BCUT2D eigenvalue weighted by Gasteiger charge is -2.11. The van der Waals surface area contributed by atoms with E-state index in [9.17, 15) is 13.6 Å². The minimum absolute atomic E-state index is 0.0155. The summed E-state index contributed by atoms with van der Waals surface area (Å²) in [6, 6.07) is 8.63. The van der Waals surface area contributed by atoms with Gasteiger partial charge in [0.05, 0.1) is 6.54 Å². The Labute approximate surface area is 157 Å². The predicted molar refractivity (Wildman–Crippen MR) is 101 cm³/mol. The molecule has 0 saturated carbocycles. The second kappa shape index (κ2) is 10.2. The minimum atomic E-state index is -0.513. The van der Waals surface area contributed by atoms with E-state index in [1.165, 1.54) is 0 Å². The van der Waals surface area contributed by atoms with Crippen LogP contribution in [0.4, 0.5) is 14.6 Å². The zero-order valence-electron chi connectivity index (χ0n) is 15.4. The number of guanidine groups is 1. The quantitative estimate of drug-likeness (QED) is 0.514. The maximum Gasteiger partial charge on any atom is 0.227 e. The molecule has 1 aromatic carbocycles. The number of aliphatic imine (C=N–C) groups is 1. The molecule has 1 aromatic heterocycles. The van der Waals surface area contributed by atoms with Gasteiger partial charge in [-0.25, -0.2) is 18.8 Å². The first-order valence-corrected chi connectivity index (χ1v) is 8.67. The largest absolute Gasteiger partial charge is 0.357 e. The Morgan fingerprint density at radius 3 is 2.74 bits per heavy atom. The summed E-state index contributed by atoms with van der Waals surface area (Å²) in [5.41, 5.74) is 0.979. The van der Waals surface area contributed by atoms with Gasteiger partial charge in [-0.1, -0.05) is 6.07 Å². The Bertz CT molecular complexity index is 810. The van der Waals surface area contributed by atoms with Crippen molar-refractivity contribution in [1.29, 1.82) is 0 Å². The number of rotatable bonds is 7. The average molecular weight is 375 g/mol. The molecule has 1 heterocycles. The third-order valence-corrected chi connectivity index (χ3v) is 3.56. The molecule has 0 aliphatic heterocycles. The smallest absolute Gasteiger partial charge is 0.227 e. The molecule has 0 saturated heterocycles. The van der Waals surface area contributed by atoms with E-state index in [0.29, 0.717) is 24.9 Å². The molecule has 3 N–H and O–H groups in total. The van der Waals surface area contributed by atoms with Gasteiger partial charge in [-0.2, -0.15) is 0 Å². The molecule has 0 aliphatic rings. The van der Waals surface area contributed by atoms with Crippen LogP contribution in [0.5, 0.6) is 0 Å². The predicted octanol–water partition coefficient (Wildman–Crippen LogP) is 2.75. The van der Waals surface area contributed by atoms with Gasteiger partial charge in [0.2, 0.25) is 5.91 Å². The highest BCUT2D eigenvalue weighted by Gasteiger charge is 2.06. The topological polar surface area (TPSA) is 78.4 Å². The van der Waals surface area contributed by atoms with E-state index in [4.69, 9.17) is 0 Å². The Morgan fingerprint density at radius 2 is 2.00 bits per heavy atom. The maximum absolute atomic E-state index is 13.7. The highest BCUT2D eigenvalue weighted by atomic mass is 19.1. The average Bonchev–Trinajstić information content (AvgIpc) is 2.62. The van der Waals surface area contributed by atoms with Crippen LogP contribution < -0.4 is 16.0 Å². The number of hydrogen-bond donors (Lipinski definition) is 3. The first-order chi connectivity index (χ1) is 13.0. The summed E-state index contributed by atoms with van der Waals surface area (Å²) in [6.07, 6.45) is 0.203. The summed E-state index contributed by atoms with van der Waals surface area (Å²) < 4.78 is 26.9. The molecule has 144 valence electrons. The molecule has 0 atom stereocenters. The number of halogens is 2. The molecule has 2 aromatic rings. The van der Waals surface area contributed by atoms with Gasteiger partial charge in [0.25, 0.3) is 0 Å². The Balaban J connectivity index is 1.86. The van der Waals surface area contributed by atoms with Crippen molar-refractivity contribution in [3.8, 4) is 0 Å². The standard InChI is InChI=1S/C19H23F2N5O/c1-3-22-19(24-12-14-11-15(20)7-8-16(14)21)23-10-9-18(27)26-17-6-4-5-13(2)25-17/h4-8,11H,3,9-10,12H2,1-2H3,(H2,22,23,24)(H,25,26,27). The van der Waals surface area contributed by atoms with Crippen LogP contribution in [-0.4, -0.2) is 29.9 Å². The molecule has 6 nitrogen and oxygen atoms in total. The Morgan fingerprint density at radius 1 is 1.19 bits per heavy atom. The van der Waals surface area contributed by atoms with E-state index >= 15 is 0 Å². The fraction of sp³-hybridized carbons (Fsp3) is 0.316. The van der Waals surface area contributed by atoms with Crippen molar-refractivity contribution in [2.45, 2.75) is 26.8 Å². The second-order valence-electron chi connectivity index (χ2n) is 5.82. The third-order valence-electron chi connectivity index (χ3n) is 3.56. The Kier molecular flexibility index (Phi) is 7.66. The summed E-state index contributed by atoms with van der Waals surface area (Å²) in [5.74, 6) is -0.292. The van der Waals surface area contributed by atoms with Gasteiger partial charge in [-0.3, -0.25) is 4.79 Å². The molecule has 0 aliphatic carbocycles. The Hall–Kier alpha value is -3.03. The molecular weight excluding hydrogens is 352 g/mol. The fourth-order valence-corrected chi connectivity index (χ4v) is 2.28. The van der Waals surface area contributed by atoms with Gasteiger partial charge in [-0.15, -0.1) is 0 Å². The van der Waals surface area contributed by atoms with Crippen molar-refractivity contribution in [2.75, 3.05) is 18.4 Å². The van der Waals surface area contributed by atoms with Gasteiger partial charge >= 0.3 is 0 Å². The van der Waals surface area contributed by atoms with Crippen LogP contribution in [-0.2, 0) is 11.3 Å². The van der Waals surface area contributed by atoms with Gasteiger partial charge in [-0.05, 0) is 44.2 Å². The molecule has 0 bridgehead atoms. The summed E-state index contributed by atoms with van der Waals surface area (Å²) in [7, 11) is 0. The van der Waals surface area contributed by atoms with E-state index in [-0.39, 0.29) is 24.4 Å². The van der Waals surface area contributed by atoms with Crippen molar-refractivity contribution in [2.24, 2.45) is 4.99 Å². The monoisotopic (exact) mass is 375 g/mol. The molecule has 0 radical (unpaired) electrons. The van der Waals surface area contributed by atoms with Crippen molar-refractivity contribution in [3.05, 3.63) is 59.3 Å². The summed E-state index contributed by atoms with van der Waals surface area (Å²) in [4.78, 5) is 20.4. The number of benzene rings is 1. The number of aromatic nitrogens is 1. The van der Waals surface area contributed by atoms with Crippen LogP contribution in [0.1, 0.15) is 24.6 Å². The van der Waals surface area contributed by atoms with Gasteiger partial charge in [0.15, 0.2) is 5.96 Å². The third kappa shape index (κ3) is 7.01. The van der Waals surface area contributed by atoms with E-state index in [2.05, 4.69) is 25.9 Å². The van der Waals surface area contributed by atoms with E-state index in [1.54, 1.807) is 6.07 Å². The van der Waals surface area contributed by atoms with E-state index in [0.717, 1.165) is 23.9 Å². The number of amides is 1. The molecular formula is C19H23F2N5O. The zero-order chi connectivity index (χ0) is 19.6. The van der Waals surface area contributed by atoms with Crippen molar-refractivity contribution in [1.82, 2.24) is 15.6 Å². The van der Waals surface area contributed by atoms with Crippen molar-refractivity contribution in [3.63, 3.8) is 0 Å². The van der Waals surface area contributed by atoms with Crippen LogP contribution in [0.25, 0.3) is 0 Å². The molecule has 27 heavy (non-hydrogen) atoms. The number of anilines is 1. The summed E-state index contributed by atoms with van der Waals surface area (Å²) in [5, 5.41) is 8.71. The number of carbonyl (C=O) groups is 1. The lowest BCUT2D eigenvalue weighted by Crippen LogP contribution is -2.38. The van der Waals surface area contributed by atoms with Crippen molar-refractivity contribution < 1.29 is 13.6 Å². The van der Waals surface area contributed by atoms with Gasteiger partial charge < -0.3 is 16.0 Å². The first kappa shape index (κ1) is 20.3. The lowest BCUT2D eigenvalue weighted by molar-refractivity contribution is -0.116. The SMILES string of the molecule is CCNC(=NCc1cc(F)ccc1F)NCCC(=O)Nc1cccc(C)n1. The zero-order valence-corrected chi connectivity index (χ0v) is 15.4. The van der Waals surface area contributed by atoms with Crippen molar-refractivity contribution >= 4 is 17.7 Å². The van der Waals surface area contributed by atoms with E-state index in [1.807, 2.05) is 26.0 Å². The number of pyridine rings is 1. The highest BCUT2D eigenvalue weighted by molar-refractivity contribution is 5.90. The molecule has 0 fully saturated rings. The molecule has 0 unspecified atom stereocenters. The minimum Gasteiger partial charge on any atom is -0.357 e. The summed E-state index contributed by atoms with van der Waals surface area (Å²) >= 11 is 0. The normalized spacial score (nSPS) is 11.2. The van der Waals surface area contributed by atoms with Gasteiger partial charge in [0, 0.05) is 30.8 Å². The van der Waals surface area contributed by atoms with Crippen LogP contribution in [0.3, 0.4) is 0 Å². The number of hydrogen-bond acceptors (Lipinski definition) is 3. The molecule has 2 rings (SSSR count). The van der Waals surface area contributed by atoms with E-state index < -0.39 is 11.6 Å². The number of nitrogens with one attached hydrogen (secondary N) is 3. The fourth-order valence-electron chi connectivity index (χ4n) is 2.28. The maximum atomic E-state index is 13.7. The van der Waals surface area contributed by atoms with Crippen LogP contribution >= 0.6 is 0 Å². The molecule has 0 spiro atoms. The van der Waals surface area contributed by atoms with Gasteiger partial charge in [0.1, 0.15) is 17.5 Å². The molecule has 8 heteroatoms. The van der Waals surface area contributed by atoms with Crippen LogP contribution in [0.15, 0.2) is 41.4 Å². The summed E-state index contributed by atoms with van der Waals surface area (Å²) in [6.45, 7) is 4.64. The lowest BCUT2D eigenvalue weighted by atomic mass is 10.2. The van der Waals surface area contributed by atoms with Crippen LogP contribution in [0.2, 0.25) is 0 Å². The second-order valence-corrected chi connectivity index (χ2v) is 5.82. The van der Waals surface area contributed by atoms with Crippen LogP contribution in [0, 0.1) is 18.6 Å².